The molecule has 0 unspecified atom stereocenters. The van der Waals surface area contributed by atoms with Gasteiger partial charge in [-0.15, -0.1) is 0 Å². The van der Waals surface area contributed by atoms with Crippen LogP contribution in [0.1, 0.15) is 44.0 Å². The van der Waals surface area contributed by atoms with Crippen LogP contribution in [0, 0.1) is 5.82 Å². The average molecular weight is 398 g/mol. The highest BCUT2D eigenvalue weighted by Gasteiger charge is 2.49. The lowest BCUT2D eigenvalue weighted by molar-refractivity contribution is -0.177. The number of ether oxygens (including phenoxy) is 4. The van der Waals surface area contributed by atoms with Gasteiger partial charge in [0.25, 0.3) is 0 Å². The van der Waals surface area contributed by atoms with Gasteiger partial charge in [0.05, 0.1) is 38.2 Å². The number of esters is 4. The average Bonchev–Trinajstić information content (AvgIpc) is 2.62. The molecule has 28 heavy (non-hydrogen) atoms. The summed E-state index contributed by atoms with van der Waals surface area (Å²) in [5.74, 6) is -4.45. The van der Waals surface area contributed by atoms with E-state index >= 15 is 0 Å². The smallest absolute Gasteiger partial charge is 0.351 e. The molecule has 0 aromatic heterocycles. The van der Waals surface area contributed by atoms with Crippen LogP contribution in [0.2, 0.25) is 0 Å². The largest absolute Gasteiger partial charge is 0.466 e. The van der Waals surface area contributed by atoms with Crippen LogP contribution in [0.4, 0.5) is 4.39 Å². The number of hydrogen-bond acceptors (Lipinski definition) is 8. The molecule has 0 fully saturated rings. The Hall–Kier alpha value is -2.97. The van der Waals surface area contributed by atoms with E-state index in [-0.39, 0.29) is 25.4 Å². The predicted octanol–water partition coefficient (Wildman–Crippen LogP) is 2.19. The zero-order chi connectivity index (χ0) is 21.2. The van der Waals surface area contributed by atoms with Crippen molar-refractivity contribution < 1.29 is 42.5 Å². The molecule has 0 N–H and O–H groups in total. The fourth-order valence-corrected chi connectivity index (χ4v) is 2.30. The van der Waals surface area contributed by atoms with Crippen LogP contribution >= 0.6 is 0 Å². The van der Waals surface area contributed by atoms with Gasteiger partial charge in [0, 0.05) is 0 Å². The Morgan fingerprint density at radius 2 is 1.29 bits per heavy atom. The van der Waals surface area contributed by atoms with E-state index in [1.807, 2.05) is 0 Å². The van der Waals surface area contributed by atoms with Gasteiger partial charge in [-0.05, 0) is 45.0 Å². The van der Waals surface area contributed by atoms with Crippen molar-refractivity contribution in [1.29, 1.82) is 0 Å². The van der Waals surface area contributed by atoms with Crippen LogP contribution < -0.4 is 0 Å². The molecule has 0 bridgehead atoms. The molecule has 1 rings (SSSR count). The van der Waals surface area contributed by atoms with Gasteiger partial charge in [-0.25, -0.2) is 14.0 Å². The van der Waals surface area contributed by atoms with Crippen molar-refractivity contribution in [1.82, 2.24) is 0 Å². The van der Waals surface area contributed by atoms with E-state index in [0.29, 0.717) is 0 Å². The molecule has 0 aliphatic rings. The molecule has 0 amide bonds. The Morgan fingerprint density at radius 3 is 1.71 bits per heavy atom. The zero-order valence-corrected chi connectivity index (χ0v) is 16.0. The van der Waals surface area contributed by atoms with Crippen molar-refractivity contribution in [3.05, 3.63) is 35.6 Å². The molecule has 0 radical (unpaired) electrons. The number of halogens is 1. The fourth-order valence-electron chi connectivity index (χ4n) is 2.30. The van der Waals surface area contributed by atoms with Crippen molar-refractivity contribution in [3.63, 3.8) is 0 Å². The maximum Gasteiger partial charge on any atom is 0.351 e. The summed E-state index contributed by atoms with van der Waals surface area (Å²) in [6.07, 6.45) is -1.49. The Balaban J connectivity index is 3.27. The van der Waals surface area contributed by atoms with Gasteiger partial charge < -0.3 is 18.9 Å². The Bertz CT molecular complexity index is 678. The van der Waals surface area contributed by atoms with Crippen molar-refractivity contribution >= 4 is 23.9 Å². The number of carbonyl (C=O) groups is 4. The van der Waals surface area contributed by atoms with E-state index in [4.69, 9.17) is 18.9 Å². The molecule has 0 saturated carbocycles. The molecular weight excluding hydrogens is 375 g/mol. The SMILES string of the molecule is CCOC(=O)CC(CC(=O)OCC)(OC(=O)c1ccc(F)cc1)C(=O)OCC. The molecule has 0 heterocycles. The summed E-state index contributed by atoms with van der Waals surface area (Å²) in [6, 6.07) is 4.34. The minimum Gasteiger partial charge on any atom is -0.466 e. The number of benzene rings is 1. The standard InChI is InChI=1S/C19H23FO8/c1-4-25-15(21)11-19(18(24)27-6-3,12-16(22)26-5-2)28-17(23)13-7-9-14(20)10-8-13/h7-10H,4-6,11-12H2,1-3H3. The molecule has 0 aliphatic heterocycles. The van der Waals surface area contributed by atoms with E-state index in [0.717, 1.165) is 24.3 Å². The monoisotopic (exact) mass is 398 g/mol. The van der Waals surface area contributed by atoms with E-state index in [2.05, 4.69) is 0 Å². The quantitative estimate of drug-likeness (QED) is 0.436. The Kier molecular flexibility index (Phi) is 9.07. The summed E-state index contributed by atoms with van der Waals surface area (Å²) in [7, 11) is 0. The summed E-state index contributed by atoms with van der Waals surface area (Å²) < 4.78 is 32.9. The maximum atomic E-state index is 13.1. The maximum absolute atomic E-state index is 13.1. The number of carbonyl (C=O) groups excluding carboxylic acids is 4. The van der Waals surface area contributed by atoms with Crippen LogP contribution in [-0.4, -0.2) is 49.3 Å². The Labute approximate surface area is 161 Å². The molecular formula is C19H23FO8. The van der Waals surface area contributed by atoms with E-state index in [9.17, 15) is 23.6 Å². The van der Waals surface area contributed by atoms with Crippen LogP contribution in [0.15, 0.2) is 24.3 Å². The second-order valence-electron chi connectivity index (χ2n) is 5.57. The summed E-state index contributed by atoms with van der Waals surface area (Å²) in [5, 5.41) is 0. The van der Waals surface area contributed by atoms with Crippen molar-refractivity contribution in [2.45, 2.75) is 39.2 Å². The van der Waals surface area contributed by atoms with Crippen LogP contribution in [0.5, 0.6) is 0 Å². The van der Waals surface area contributed by atoms with Gasteiger partial charge in [-0.3, -0.25) is 9.59 Å². The molecule has 8 nitrogen and oxygen atoms in total. The van der Waals surface area contributed by atoms with E-state index < -0.39 is 48.1 Å². The van der Waals surface area contributed by atoms with Gasteiger partial charge in [0.2, 0.25) is 5.60 Å². The highest BCUT2D eigenvalue weighted by Crippen LogP contribution is 2.27. The number of rotatable bonds is 10. The zero-order valence-electron chi connectivity index (χ0n) is 16.0. The third-order valence-electron chi connectivity index (χ3n) is 3.49. The van der Waals surface area contributed by atoms with E-state index in [1.165, 1.54) is 6.92 Å². The van der Waals surface area contributed by atoms with Crippen molar-refractivity contribution in [2.75, 3.05) is 19.8 Å². The minimum absolute atomic E-state index is 0.0169. The van der Waals surface area contributed by atoms with Gasteiger partial charge in [0.1, 0.15) is 5.82 Å². The molecule has 0 atom stereocenters. The van der Waals surface area contributed by atoms with Crippen LogP contribution in [-0.2, 0) is 33.3 Å². The first-order valence-corrected chi connectivity index (χ1v) is 8.75. The first-order valence-electron chi connectivity index (χ1n) is 8.75. The molecule has 9 heteroatoms. The second kappa shape index (κ2) is 11.0. The van der Waals surface area contributed by atoms with Gasteiger partial charge in [-0.1, -0.05) is 0 Å². The van der Waals surface area contributed by atoms with Crippen molar-refractivity contribution in [2.24, 2.45) is 0 Å². The number of hydrogen-bond donors (Lipinski definition) is 0. The van der Waals surface area contributed by atoms with Crippen LogP contribution in [0.3, 0.4) is 0 Å². The second-order valence-corrected chi connectivity index (χ2v) is 5.57. The lowest BCUT2D eigenvalue weighted by atomic mass is 9.94. The third-order valence-corrected chi connectivity index (χ3v) is 3.49. The van der Waals surface area contributed by atoms with Crippen LogP contribution in [0.25, 0.3) is 0 Å². The lowest BCUT2D eigenvalue weighted by Gasteiger charge is -2.29. The summed E-state index contributed by atoms with van der Waals surface area (Å²) in [6.45, 7) is 4.57. The molecule has 154 valence electrons. The minimum atomic E-state index is -2.28. The van der Waals surface area contributed by atoms with Gasteiger partial charge in [0.15, 0.2) is 0 Å². The molecule has 1 aromatic rings. The summed E-state index contributed by atoms with van der Waals surface area (Å²) in [4.78, 5) is 49.2. The normalized spacial score (nSPS) is 10.7. The first-order chi connectivity index (χ1) is 13.3. The van der Waals surface area contributed by atoms with Crippen molar-refractivity contribution in [3.8, 4) is 0 Å². The molecule has 1 aromatic carbocycles. The Morgan fingerprint density at radius 1 is 0.821 bits per heavy atom. The highest BCUT2D eigenvalue weighted by atomic mass is 19.1. The third kappa shape index (κ3) is 6.64. The summed E-state index contributed by atoms with van der Waals surface area (Å²) in [5.41, 5.74) is -2.36. The lowest BCUT2D eigenvalue weighted by Crippen LogP contribution is -2.48. The topological polar surface area (TPSA) is 105 Å². The molecule has 0 saturated heterocycles. The molecule has 0 aliphatic carbocycles. The van der Waals surface area contributed by atoms with E-state index in [1.54, 1.807) is 13.8 Å². The first kappa shape index (κ1) is 23.1. The highest BCUT2D eigenvalue weighted by molar-refractivity contribution is 5.96. The van der Waals surface area contributed by atoms with Gasteiger partial charge in [-0.2, -0.15) is 0 Å². The predicted molar refractivity (Wildman–Crippen MR) is 93.7 cm³/mol. The summed E-state index contributed by atoms with van der Waals surface area (Å²) >= 11 is 0. The van der Waals surface area contributed by atoms with Gasteiger partial charge >= 0.3 is 23.9 Å². The fraction of sp³-hybridized carbons (Fsp3) is 0.474. The molecule has 0 spiro atoms.